The van der Waals surface area contributed by atoms with E-state index in [0.717, 1.165) is 22.3 Å². The van der Waals surface area contributed by atoms with Crippen LogP contribution in [0.25, 0.3) is 11.0 Å². The van der Waals surface area contributed by atoms with Gasteiger partial charge in [-0.1, -0.05) is 29.8 Å². The molecule has 0 radical (unpaired) electrons. The molecule has 1 aliphatic heterocycles. The Morgan fingerprint density at radius 1 is 0.939 bits per heavy atom. The van der Waals surface area contributed by atoms with Crippen molar-refractivity contribution >= 4 is 34.2 Å². The highest BCUT2D eigenvalue weighted by Crippen LogP contribution is 2.42. The number of anilines is 1. The first-order chi connectivity index (χ1) is 15.8. The van der Waals surface area contributed by atoms with Gasteiger partial charge in [-0.3, -0.25) is 14.5 Å². The third-order valence-corrected chi connectivity index (χ3v) is 6.74. The fraction of sp³-hybridized carbons (Fsp3) is 0.185. The van der Waals surface area contributed by atoms with Gasteiger partial charge in [-0.2, -0.15) is 0 Å². The van der Waals surface area contributed by atoms with E-state index in [1.807, 2.05) is 69.3 Å². The number of hydrogen-bond acceptors (Lipinski definition) is 4. The number of methoxy groups -OCH3 is 1. The van der Waals surface area contributed by atoms with Crippen LogP contribution in [0.1, 0.15) is 44.4 Å². The van der Waals surface area contributed by atoms with Crippen LogP contribution in [0.3, 0.4) is 0 Å². The van der Waals surface area contributed by atoms with Crippen molar-refractivity contribution in [2.24, 2.45) is 0 Å². The van der Waals surface area contributed by atoms with E-state index in [4.69, 9.17) is 20.8 Å². The Morgan fingerprint density at radius 3 is 2.42 bits per heavy atom. The number of hydrogen-bond donors (Lipinski definition) is 0. The van der Waals surface area contributed by atoms with Crippen molar-refractivity contribution in [2.45, 2.75) is 26.8 Å². The van der Waals surface area contributed by atoms with Gasteiger partial charge in [0, 0.05) is 10.7 Å². The maximum Gasteiger partial charge on any atom is 0.295 e. The molecule has 1 amide bonds. The quantitative estimate of drug-likeness (QED) is 0.369. The van der Waals surface area contributed by atoms with Gasteiger partial charge < -0.3 is 9.15 Å². The summed E-state index contributed by atoms with van der Waals surface area (Å²) in [4.78, 5) is 29.0. The molecule has 0 spiro atoms. The zero-order valence-electron chi connectivity index (χ0n) is 18.7. The number of rotatable bonds is 3. The van der Waals surface area contributed by atoms with Crippen molar-refractivity contribution in [1.82, 2.24) is 0 Å². The number of carbonyl (C=O) groups is 1. The molecule has 1 aliphatic rings. The minimum absolute atomic E-state index is 0.0558. The number of amides is 1. The number of aryl methyl sites for hydroxylation is 3. The first kappa shape index (κ1) is 21.3. The molecule has 1 aromatic heterocycles. The van der Waals surface area contributed by atoms with E-state index < -0.39 is 6.04 Å². The molecule has 4 aromatic rings. The second-order valence-electron chi connectivity index (χ2n) is 8.39. The molecule has 0 bridgehead atoms. The van der Waals surface area contributed by atoms with E-state index in [9.17, 15) is 9.59 Å². The fourth-order valence-corrected chi connectivity index (χ4v) is 4.53. The standard InChI is InChI=1S/C27H22ClNO4/c1-14-8-9-18(13-21(14)28)29-24(17-6-5-7-19(12-17)32-4)23-25(30)20-10-15(2)16(3)11-22(20)33-26(23)27(29)31/h5-13,24H,1-4H3. The Hall–Kier alpha value is -3.57. The highest BCUT2D eigenvalue weighted by Gasteiger charge is 2.44. The van der Waals surface area contributed by atoms with Gasteiger partial charge in [0.1, 0.15) is 11.3 Å². The third kappa shape index (κ3) is 3.31. The van der Waals surface area contributed by atoms with Gasteiger partial charge in [0.25, 0.3) is 5.91 Å². The van der Waals surface area contributed by atoms with Crippen LogP contribution in [0.15, 0.2) is 63.8 Å². The van der Waals surface area contributed by atoms with E-state index >= 15 is 0 Å². The number of ether oxygens (including phenoxy) is 1. The zero-order chi connectivity index (χ0) is 23.4. The number of halogens is 1. The van der Waals surface area contributed by atoms with Gasteiger partial charge in [-0.25, -0.2) is 0 Å². The Bertz CT molecular complexity index is 1500. The van der Waals surface area contributed by atoms with Gasteiger partial charge >= 0.3 is 0 Å². The summed E-state index contributed by atoms with van der Waals surface area (Å²) >= 11 is 6.40. The van der Waals surface area contributed by atoms with Crippen LogP contribution in [0.5, 0.6) is 5.75 Å². The summed E-state index contributed by atoms with van der Waals surface area (Å²) in [5, 5.41) is 0.998. The van der Waals surface area contributed by atoms with Gasteiger partial charge in [0.05, 0.1) is 24.1 Å². The van der Waals surface area contributed by atoms with E-state index in [1.165, 1.54) is 0 Å². The molecule has 2 heterocycles. The van der Waals surface area contributed by atoms with Crippen molar-refractivity contribution in [3.8, 4) is 5.75 Å². The summed E-state index contributed by atoms with van der Waals surface area (Å²) in [5.41, 5.74) is 4.72. The number of benzene rings is 3. The molecule has 0 fully saturated rings. The van der Waals surface area contributed by atoms with Gasteiger partial charge in [0.15, 0.2) is 5.43 Å². The van der Waals surface area contributed by atoms with E-state index in [0.29, 0.717) is 33.0 Å². The normalized spacial score (nSPS) is 15.2. The lowest BCUT2D eigenvalue weighted by Gasteiger charge is -2.26. The van der Waals surface area contributed by atoms with Gasteiger partial charge in [-0.05, 0) is 79.4 Å². The average molecular weight is 460 g/mol. The van der Waals surface area contributed by atoms with Crippen molar-refractivity contribution in [1.29, 1.82) is 0 Å². The zero-order valence-corrected chi connectivity index (χ0v) is 19.5. The molecule has 5 rings (SSSR count). The van der Waals surface area contributed by atoms with Crippen LogP contribution >= 0.6 is 11.6 Å². The second kappa shape index (κ2) is 7.78. The Balaban J connectivity index is 1.83. The highest BCUT2D eigenvalue weighted by molar-refractivity contribution is 6.31. The summed E-state index contributed by atoms with van der Waals surface area (Å²) in [6.45, 7) is 5.80. The Kier molecular flexibility index (Phi) is 5.02. The highest BCUT2D eigenvalue weighted by atomic mass is 35.5. The molecule has 0 saturated heterocycles. The van der Waals surface area contributed by atoms with E-state index in [-0.39, 0.29) is 17.1 Å². The molecule has 1 atom stereocenters. The molecule has 0 N–H and O–H groups in total. The van der Waals surface area contributed by atoms with Crippen molar-refractivity contribution < 1.29 is 13.9 Å². The van der Waals surface area contributed by atoms with Crippen LogP contribution in [-0.2, 0) is 0 Å². The second-order valence-corrected chi connectivity index (χ2v) is 8.80. The Morgan fingerprint density at radius 2 is 1.70 bits per heavy atom. The molecule has 0 saturated carbocycles. The summed E-state index contributed by atoms with van der Waals surface area (Å²) in [6, 6.07) is 15.8. The van der Waals surface area contributed by atoms with Crippen molar-refractivity contribution in [3.63, 3.8) is 0 Å². The van der Waals surface area contributed by atoms with Crippen LogP contribution in [0, 0.1) is 20.8 Å². The molecule has 3 aromatic carbocycles. The molecule has 5 nitrogen and oxygen atoms in total. The number of carbonyl (C=O) groups excluding carboxylic acids is 1. The lowest BCUT2D eigenvalue weighted by molar-refractivity contribution is 0.0971. The van der Waals surface area contributed by atoms with Crippen molar-refractivity contribution in [3.05, 3.63) is 103 Å². The minimum atomic E-state index is -0.677. The first-order valence-electron chi connectivity index (χ1n) is 10.6. The lowest BCUT2D eigenvalue weighted by atomic mass is 9.97. The monoisotopic (exact) mass is 459 g/mol. The summed E-state index contributed by atoms with van der Waals surface area (Å²) in [5.74, 6) is 0.308. The average Bonchev–Trinajstić information content (AvgIpc) is 3.10. The van der Waals surface area contributed by atoms with Crippen LogP contribution in [-0.4, -0.2) is 13.0 Å². The SMILES string of the molecule is COc1cccc(C2c3c(oc4cc(C)c(C)cc4c3=O)C(=O)N2c2ccc(C)c(Cl)c2)c1. The topological polar surface area (TPSA) is 59.8 Å². The Labute approximate surface area is 196 Å². The molecule has 166 valence electrons. The van der Waals surface area contributed by atoms with Gasteiger partial charge in [0.2, 0.25) is 5.76 Å². The molecule has 0 aliphatic carbocycles. The van der Waals surface area contributed by atoms with Crippen LogP contribution in [0.4, 0.5) is 5.69 Å². The van der Waals surface area contributed by atoms with Crippen LogP contribution < -0.4 is 15.1 Å². The first-order valence-corrected chi connectivity index (χ1v) is 11.0. The fourth-order valence-electron chi connectivity index (χ4n) is 4.35. The smallest absolute Gasteiger partial charge is 0.295 e. The lowest BCUT2D eigenvalue weighted by Crippen LogP contribution is -2.29. The van der Waals surface area contributed by atoms with E-state index in [1.54, 1.807) is 18.1 Å². The largest absolute Gasteiger partial charge is 0.497 e. The molecular formula is C27H22ClNO4. The predicted octanol–water partition coefficient (Wildman–Crippen LogP) is 6.13. The number of fused-ring (bicyclic) bond motifs is 2. The maximum atomic E-state index is 13.8. The third-order valence-electron chi connectivity index (χ3n) is 6.33. The molecule has 6 heteroatoms. The molecular weight excluding hydrogens is 438 g/mol. The maximum absolute atomic E-state index is 13.8. The minimum Gasteiger partial charge on any atom is -0.497 e. The molecule has 1 unspecified atom stereocenters. The van der Waals surface area contributed by atoms with Gasteiger partial charge in [-0.15, -0.1) is 0 Å². The summed E-state index contributed by atoms with van der Waals surface area (Å²) < 4.78 is 11.5. The van der Waals surface area contributed by atoms with Crippen LogP contribution in [0.2, 0.25) is 5.02 Å². The molecule has 33 heavy (non-hydrogen) atoms. The predicted molar refractivity (Wildman–Crippen MR) is 130 cm³/mol. The van der Waals surface area contributed by atoms with E-state index in [2.05, 4.69) is 0 Å². The summed E-state index contributed by atoms with van der Waals surface area (Å²) in [7, 11) is 1.58. The van der Waals surface area contributed by atoms with Crippen molar-refractivity contribution in [2.75, 3.05) is 12.0 Å². The summed E-state index contributed by atoms with van der Waals surface area (Å²) in [6.07, 6.45) is 0. The number of nitrogens with zero attached hydrogens (tertiary/aromatic N) is 1.